The largest absolute Gasteiger partial charge is 0.353 e. The summed E-state index contributed by atoms with van der Waals surface area (Å²) >= 11 is 0. The Balaban J connectivity index is 1.96. The number of hydrogen-bond donors (Lipinski definition) is 1. The second kappa shape index (κ2) is 5.20. The fourth-order valence-electron chi connectivity index (χ4n) is 2.76. The smallest absolute Gasteiger partial charge is 0.274 e. The van der Waals surface area contributed by atoms with Gasteiger partial charge in [0.25, 0.3) is 5.91 Å². The molecule has 1 fully saturated rings. The summed E-state index contributed by atoms with van der Waals surface area (Å²) in [7, 11) is 0. The molecule has 0 spiro atoms. The van der Waals surface area contributed by atoms with Crippen LogP contribution in [0.1, 0.15) is 29.5 Å². The van der Waals surface area contributed by atoms with Crippen LogP contribution < -0.4 is 5.32 Å². The van der Waals surface area contributed by atoms with Crippen LogP contribution in [0.2, 0.25) is 0 Å². The van der Waals surface area contributed by atoms with Crippen molar-refractivity contribution in [1.82, 2.24) is 19.6 Å². The Bertz CT molecular complexity index is 707. The van der Waals surface area contributed by atoms with E-state index in [1.807, 2.05) is 36.4 Å². The Labute approximate surface area is 122 Å². The van der Waals surface area contributed by atoms with E-state index in [-0.39, 0.29) is 11.8 Å². The molecule has 0 aromatic carbocycles. The van der Waals surface area contributed by atoms with Gasteiger partial charge >= 0.3 is 0 Å². The molecule has 0 saturated carbocycles. The minimum atomic E-state index is -0.405. The third-order valence-corrected chi connectivity index (χ3v) is 3.89. The highest BCUT2D eigenvalue weighted by atomic mass is 16.2. The molecule has 0 bridgehead atoms. The first-order valence-electron chi connectivity index (χ1n) is 7.15. The zero-order valence-corrected chi connectivity index (χ0v) is 12.2. The van der Waals surface area contributed by atoms with Crippen LogP contribution in [-0.4, -0.2) is 45.2 Å². The van der Waals surface area contributed by atoms with Crippen molar-refractivity contribution in [1.29, 1.82) is 0 Å². The monoisotopic (exact) mass is 286 g/mol. The molecule has 6 heteroatoms. The third-order valence-electron chi connectivity index (χ3n) is 3.89. The summed E-state index contributed by atoms with van der Waals surface area (Å²) in [5.41, 5.74) is 2.15. The van der Waals surface area contributed by atoms with Crippen molar-refractivity contribution < 1.29 is 9.59 Å². The van der Waals surface area contributed by atoms with Crippen molar-refractivity contribution in [2.45, 2.75) is 26.3 Å². The number of fused-ring (bicyclic) bond motifs is 1. The number of piperazine rings is 1. The zero-order valence-electron chi connectivity index (χ0n) is 12.2. The van der Waals surface area contributed by atoms with Gasteiger partial charge in [-0.25, -0.2) is 4.98 Å². The van der Waals surface area contributed by atoms with Gasteiger partial charge in [-0.2, -0.15) is 0 Å². The van der Waals surface area contributed by atoms with E-state index in [1.54, 1.807) is 11.1 Å². The third kappa shape index (κ3) is 2.26. The number of amides is 2. The lowest BCUT2D eigenvalue weighted by atomic mass is 10.1. The number of nitrogens with one attached hydrogen (secondary N) is 1. The van der Waals surface area contributed by atoms with Crippen LogP contribution in [0.25, 0.3) is 5.65 Å². The first-order chi connectivity index (χ1) is 10.1. The quantitative estimate of drug-likeness (QED) is 0.895. The number of aromatic nitrogens is 2. The molecule has 110 valence electrons. The maximum Gasteiger partial charge on any atom is 0.274 e. The van der Waals surface area contributed by atoms with E-state index in [4.69, 9.17) is 0 Å². The summed E-state index contributed by atoms with van der Waals surface area (Å²) in [6.45, 7) is 4.89. The Morgan fingerprint density at radius 2 is 2.29 bits per heavy atom. The molecule has 0 radical (unpaired) electrons. The van der Waals surface area contributed by atoms with Gasteiger partial charge in [-0.3, -0.25) is 9.59 Å². The van der Waals surface area contributed by atoms with Gasteiger partial charge in [0.1, 0.15) is 17.4 Å². The Morgan fingerprint density at radius 1 is 1.48 bits per heavy atom. The Kier molecular flexibility index (Phi) is 3.37. The van der Waals surface area contributed by atoms with E-state index < -0.39 is 6.04 Å². The van der Waals surface area contributed by atoms with Gasteiger partial charge in [0.15, 0.2) is 0 Å². The summed E-state index contributed by atoms with van der Waals surface area (Å²) < 4.78 is 1.89. The lowest BCUT2D eigenvalue weighted by molar-refractivity contribution is -0.127. The van der Waals surface area contributed by atoms with E-state index in [0.29, 0.717) is 25.2 Å². The molecule has 2 amide bonds. The van der Waals surface area contributed by atoms with Gasteiger partial charge in [0.05, 0.1) is 0 Å². The molecule has 0 aliphatic carbocycles. The van der Waals surface area contributed by atoms with E-state index in [1.165, 1.54) is 0 Å². The first kappa shape index (κ1) is 13.6. The zero-order chi connectivity index (χ0) is 15.0. The van der Waals surface area contributed by atoms with Crippen LogP contribution in [0.15, 0.2) is 24.4 Å². The first-order valence-corrected chi connectivity index (χ1v) is 7.15. The van der Waals surface area contributed by atoms with E-state index in [9.17, 15) is 9.59 Å². The number of pyridine rings is 1. The van der Waals surface area contributed by atoms with Crippen LogP contribution in [0.4, 0.5) is 0 Å². The molecule has 1 N–H and O–H groups in total. The van der Waals surface area contributed by atoms with E-state index in [0.717, 1.165) is 11.3 Å². The van der Waals surface area contributed by atoms with Crippen molar-refractivity contribution in [3.05, 3.63) is 35.8 Å². The number of carbonyl (C=O) groups excluding carboxylic acids is 2. The van der Waals surface area contributed by atoms with Gasteiger partial charge < -0.3 is 14.6 Å². The van der Waals surface area contributed by atoms with Crippen molar-refractivity contribution in [2.75, 3.05) is 13.1 Å². The van der Waals surface area contributed by atoms with Gasteiger partial charge in [-0.15, -0.1) is 0 Å². The molecule has 2 aromatic heterocycles. The Morgan fingerprint density at radius 3 is 3.00 bits per heavy atom. The molecule has 21 heavy (non-hydrogen) atoms. The van der Waals surface area contributed by atoms with Crippen molar-refractivity contribution in [3.63, 3.8) is 0 Å². The highest BCUT2D eigenvalue weighted by Gasteiger charge is 2.33. The number of nitrogens with zero attached hydrogens (tertiary/aromatic N) is 3. The molecule has 1 aliphatic rings. The van der Waals surface area contributed by atoms with Crippen LogP contribution in [0.5, 0.6) is 0 Å². The van der Waals surface area contributed by atoms with Crippen LogP contribution in [0, 0.1) is 6.92 Å². The maximum absolute atomic E-state index is 12.7. The van der Waals surface area contributed by atoms with Gasteiger partial charge in [-0.05, 0) is 25.5 Å². The average Bonchev–Trinajstić information content (AvgIpc) is 2.92. The molecule has 3 heterocycles. The summed E-state index contributed by atoms with van der Waals surface area (Å²) in [6.07, 6.45) is 2.34. The van der Waals surface area contributed by atoms with Gasteiger partial charge in [0, 0.05) is 25.0 Å². The second-order valence-electron chi connectivity index (χ2n) is 5.24. The van der Waals surface area contributed by atoms with Crippen molar-refractivity contribution in [3.8, 4) is 0 Å². The van der Waals surface area contributed by atoms with Crippen LogP contribution >= 0.6 is 0 Å². The number of aryl methyl sites for hydroxylation is 1. The van der Waals surface area contributed by atoms with Gasteiger partial charge in [0.2, 0.25) is 5.91 Å². The van der Waals surface area contributed by atoms with E-state index >= 15 is 0 Å². The fraction of sp³-hybridized carbons (Fsp3) is 0.400. The van der Waals surface area contributed by atoms with Crippen molar-refractivity contribution in [2.24, 2.45) is 0 Å². The lowest BCUT2D eigenvalue weighted by Crippen LogP contribution is -2.56. The molecule has 2 aromatic rings. The molecule has 1 saturated heterocycles. The number of imidazole rings is 1. The highest BCUT2D eigenvalue weighted by Crippen LogP contribution is 2.15. The second-order valence-corrected chi connectivity index (χ2v) is 5.24. The predicted molar refractivity (Wildman–Crippen MR) is 78.1 cm³/mol. The molecular formula is C15H18N4O2. The molecule has 3 rings (SSSR count). The number of carbonyl (C=O) groups is 2. The van der Waals surface area contributed by atoms with E-state index in [2.05, 4.69) is 10.3 Å². The standard InChI is InChI=1S/C15H18N4O2/c1-3-12-14(20)16-7-8-18(12)15(21)11-9-19-10(2)5-4-6-13(19)17-11/h4-6,9,12H,3,7-8H2,1-2H3,(H,16,20). The Hall–Kier alpha value is -2.37. The number of rotatable bonds is 2. The highest BCUT2D eigenvalue weighted by molar-refractivity contribution is 5.97. The summed E-state index contributed by atoms with van der Waals surface area (Å²) in [6, 6.07) is 5.34. The minimum Gasteiger partial charge on any atom is -0.353 e. The minimum absolute atomic E-state index is 0.0861. The van der Waals surface area contributed by atoms with Crippen LogP contribution in [-0.2, 0) is 4.79 Å². The number of hydrogen-bond acceptors (Lipinski definition) is 3. The van der Waals surface area contributed by atoms with Gasteiger partial charge in [-0.1, -0.05) is 13.0 Å². The fourth-order valence-corrected chi connectivity index (χ4v) is 2.76. The topological polar surface area (TPSA) is 66.7 Å². The molecule has 6 nitrogen and oxygen atoms in total. The SMILES string of the molecule is CCC1C(=O)NCCN1C(=O)c1cn2c(C)cccc2n1. The predicted octanol–water partition coefficient (Wildman–Crippen LogP) is 0.993. The molecular weight excluding hydrogens is 268 g/mol. The summed E-state index contributed by atoms with van der Waals surface area (Å²) in [5.74, 6) is -0.267. The van der Waals surface area contributed by atoms with Crippen LogP contribution in [0.3, 0.4) is 0 Å². The molecule has 1 atom stereocenters. The summed E-state index contributed by atoms with van der Waals surface area (Å²) in [4.78, 5) is 30.5. The lowest BCUT2D eigenvalue weighted by Gasteiger charge is -2.33. The average molecular weight is 286 g/mol. The summed E-state index contributed by atoms with van der Waals surface area (Å²) in [5, 5.41) is 2.80. The van der Waals surface area contributed by atoms with Crippen molar-refractivity contribution >= 4 is 17.5 Å². The normalized spacial score (nSPS) is 18.9. The molecule has 1 unspecified atom stereocenters. The maximum atomic E-state index is 12.7. The molecule has 1 aliphatic heterocycles.